The third kappa shape index (κ3) is 6.24. The van der Waals surface area contributed by atoms with Crippen LogP contribution in [0.15, 0.2) is 127 Å². The number of azo groups is 2. The number of benzene rings is 6. The van der Waals surface area contributed by atoms with E-state index in [4.69, 9.17) is 5.73 Å². The van der Waals surface area contributed by atoms with Crippen LogP contribution >= 0.6 is 0 Å². The first-order valence-corrected chi connectivity index (χ1v) is 17.2. The normalized spacial score (nSPS) is 12.5. The molecule has 6 rings (SSSR count). The van der Waals surface area contributed by atoms with Gasteiger partial charge in [-0.05, 0) is 72.5 Å². The van der Waals surface area contributed by atoms with Crippen LogP contribution < -0.4 is 5.73 Å². The number of hydrogen-bond donors (Lipinski definition) is 4. The van der Waals surface area contributed by atoms with E-state index in [1.807, 2.05) is 38.1 Å². The number of anilines is 1. The van der Waals surface area contributed by atoms with Gasteiger partial charge in [0.2, 0.25) is 0 Å². The minimum atomic E-state index is -4.60. The van der Waals surface area contributed by atoms with E-state index >= 15 is 0 Å². The molecule has 0 saturated heterocycles. The zero-order chi connectivity index (χ0) is 34.4. The van der Waals surface area contributed by atoms with Gasteiger partial charge >= 0.3 is 0 Å². The summed E-state index contributed by atoms with van der Waals surface area (Å²) in [6.45, 7) is 3.67. The summed E-state index contributed by atoms with van der Waals surface area (Å²) in [5.41, 5.74) is 10.7. The van der Waals surface area contributed by atoms with Gasteiger partial charge in [0.15, 0.2) is 5.75 Å². The Balaban J connectivity index is 1.28. The second-order valence-electron chi connectivity index (χ2n) is 11.0. The monoisotopic (exact) mass is 681 g/mol. The zero-order valence-electron chi connectivity index (χ0n) is 25.4. The van der Waals surface area contributed by atoms with Gasteiger partial charge in [-0.3, -0.25) is 9.11 Å². The van der Waals surface area contributed by atoms with Gasteiger partial charge in [-0.15, -0.1) is 10.2 Å². The number of nitrogen functional groups attached to an aromatic ring is 1. The van der Waals surface area contributed by atoms with Crippen LogP contribution in [-0.4, -0.2) is 31.0 Å². The Hall–Kier alpha value is -5.54. The van der Waals surface area contributed by atoms with Gasteiger partial charge in [0.1, 0.15) is 21.2 Å². The highest BCUT2D eigenvalue weighted by atomic mass is 32.2. The lowest BCUT2D eigenvalue weighted by Gasteiger charge is -2.10. The minimum absolute atomic E-state index is 0.0939. The summed E-state index contributed by atoms with van der Waals surface area (Å²) >= 11 is 0. The Kier molecular flexibility index (Phi) is 8.26. The maximum absolute atomic E-state index is 12.1. The Morgan fingerprint density at radius 2 is 0.917 bits per heavy atom. The van der Waals surface area contributed by atoms with Crippen molar-refractivity contribution in [1.29, 1.82) is 0 Å². The summed E-state index contributed by atoms with van der Waals surface area (Å²) in [4.78, 5) is -0.706. The molecular weight excluding hydrogens is 655 g/mol. The van der Waals surface area contributed by atoms with Gasteiger partial charge < -0.3 is 10.8 Å². The lowest BCUT2D eigenvalue weighted by Crippen LogP contribution is -2.01. The van der Waals surface area contributed by atoms with Crippen molar-refractivity contribution < 1.29 is 31.0 Å². The number of phenolic OH excluding ortho intramolecular Hbond substituents is 1. The van der Waals surface area contributed by atoms with Crippen molar-refractivity contribution >= 4 is 70.2 Å². The number of aryl methyl sites for hydroxylation is 2. The molecule has 0 unspecified atom stereocenters. The molecular formula is C34H27N5O7S2. The molecule has 5 N–H and O–H groups in total. The van der Waals surface area contributed by atoms with Crippen LogP contribution in [0.2, 0.25) is 0 Å². The summed E-state index contributed by atoms with van der Waals surface area (Å²) in [5.74, 6) is -0.272. The van der Waals surface area contributed by atoms with Gasteiger partial charge in [-0.2, -0.15) is 27.1 Å². The first kappa shape index (κ1) is 32.4. The molecule has 0 aliphatic carbocycles. The maximum atomic E-state index is 12.1. The predicted molar refractivity (Wildman–Crippen MR) is 183 cm³/mol. The summed E-state index contributed by atoms with van der Waals surface area (Å²) < 4.78 is 67.7. The summed E-state index contributed by atoms with van der Waals surface area (Å²) in [6.07, 6.45) is 0. The molecule has 0 saturated carbocycles. The molecule has 12 nitrogen and oxygen atoms in total. The summed E-state index contributed by atoms with van der Waals surface area (Å²) in [6, 6.07) is 26.0. The molecule has 6 aromatic rings. The van der Waals surface area contributed by atoms with Gasteiger partial charge in [-0.25, -0.2) is 0 Å². The molecule has 0 aliphatic rings. The Morgan fingerprint density at radius 3 is 1.40 bits per heavy atom. The van der Waals surface area contributed by atoms with E-state index in [1.54, 1.807) is 48.5 Å². The van der Waals surface area contributed by atoms with E-state index in [0.29, 0.717) is 16.8 Å². The van der Waals surface area contributed by atoms with Crippen LogP contribution in [0.5, 0.6) is 5.75 Å². The van der Waals surface area contributed by atoms with Crippen molar-refractivity contribution in [1.82, 2.24) is 0 Å². The standard InChI is InChI=1S/C34H27N5O7S2/c1-19-15-21(11-13-27(19)36-38-29-17-31(47(41,42)43)23-7-3-5-9-25(23)33(29)35)22-12-14-28(20(2)16-22)37-39-30-18-32(48(44,45)46)24-8-4-6-10-26(24)34(30)40/h3-18,40H,35H2,1-2H3,(H,41,42,43)(H,44,45,46). The highest BCUT2D eigenvalue weighted by Crippen LogP contribution is 2.41. The van der Waals surface area contributed by atoms with Crippen LogP contribution in [0, 0.1) is 13.8 Å². The Labute approximate surface area is 275 Å². The first-order valence-electron chi connectivity index (χ1n) is 14.3. The topological polar surface area (TPSA) is 204 Å². The number of hydrogen-bond acceptors (Lipinski definition) is 10. The van der Waals surface area contributed by atoms with E-state index in [2.05, 4.69) is 20.5 Å². The van der Waals surface area contributed by atoms with Crippen molar-refractivity contribution in [2.75, 3.05) is 5.73 Å². The van der Waals surface area contributed by atoms with Crippen molar-refractivity contribution in [2.24, 2.45) is 20.5 Å². The quantitative estimate of drug-likeness (QED) is 0.0725. The Morgan fingerprint density at radius 1 is 0.521 bits per heavy atom. The molecule has 0 amide bonds. The zero-order valence-corrected chi connectivity index (χ0v) is 27.0. The molecule has 0 fully saturated rings. The summed E-state index contributed by atoms with van der Waals surface area (Å²) in [5, 5.41) is 28.6. The number of rotatable bonds is 7. The number of nitrogens with two attached hydrogens (primary N) is 1. The molecule has 14 heteroatoms. The molecule has 0 aromatic heterocycles. The van der Waals surface area contributed by atoms with E-state index in [0.717, 1.165) is 28.3 Å². The van der Waals surface area contributed by atoms with Crippen molar-refractivity contribution in [2.45, 2.75) is 23.6 Å². The van der Waals surface area contributed by atoms with Crippen molar-refractivity contribution in [3.63, 3.8) is 0 Å². The van der Waals surface area contributed by atoms with Gasteiger partial charge in [0, 0.05) is 21.5 Å². The molecule has 6 aromatic carbocycles. The lowest BCUT2D eigenvalue weighted by molar-refractivity contribution is 0.479. The lowest BCUT2D eigenvalue weighted by atomic mass is 10.0. The smallest absolute Gasteiger partial charge is 0.295 e. The maximum Gasteiger partial charge on any atom is 0.295 e. The van der Waals surface area contributed by atoms with Crippen LogP contribution in [0.3, 0.4) is 0 Å². The average molecular weight is 682 g/mol. The molecule has 0 bridgehead atoms. The second kappa shape index (κ2) is 12.2. The van der Waals surface area contributed by atoms with Crippen molar-refractivity contribution in [3.05, 3.63) is 108 Å². The van der Waals surface area contributed by atoms with Gasteiger partial charge in [0.05, 0.1) is 17.1 Å². The number of nitrogens with zero attached hydrogens (tertiary/aromatic N) is 4. The molecule has 48 heavy (non-hydrogen) atoms. The minimum Gasteiger partial charge on any atom is -0.505 e. The third-order valence-corrected chi connectivity index (χ3v) is 9.59. The number of aromatic hydroxyl groups is 1. The molecule has 0 atom stereocenters. The van der Waals surface area contributed by atoms with Crippen molar-refractivity contribution in [3.8, 4) is 16.9 Å². The molecule has 0 heterocycles. The predicted octanol–water partition coefficient (Wildman–Crippen LogP) is 8.89. The Bertz CT molecular complexity index is 2390. The summed E-state index contributed by atoms with van der Waals surface area (Å²) in [7, 11) is -9.15. The fraction of sp³-hybridized carbons (Fsp3) is 0.0588. The van der Waals surface area contributed by atoms with Crippen LogP contribution in [0.4, 0.5) is 28.4 Å². The number of fused-ring (bicyclic) bond motifs is 2. The second-order valence-corrected chi connectivity index (χ2v) is 13.8. The van der Waals surface area contributed by atoms with E-state index < -0.39 is 20.2 Å². The van der Waals surface area contributed by atoms with E-state index in [9.17, 15) is 31.0 Å². The number of phenols is 1. The molecule has 0 radical (unpaired) electrons. The highest BCUT2D eigenvalue weighted by molar-refractivity contribution is 7.86. The first-order chi connectivity index (χ1) is 22.7. The fourth-order valence-electron chi connectivity index (χ4n) is 5.36. The SMILES string of the molecule is Cc1cc(-c2ccc(N=Nc3cc(S(=O)(=O)O)c4ccccc4c3O)c(C)c2)ccc1N=Nc1cc(S(=O)(=O)O)c2ccccc2c1N. The van der Waals surface area contributed by atoms with Crippen LogP contribution in [0.1, 0.15) is 11.1 Å². The van der Waals surface area contributed by atoms with E-state index in [-0.39, 0.29) is 48.8 Å². The highest BCUT2D eigenvalue weighted by Gasteiger charge is 2.20. The average Bonchev–Trinajstić information content (AvgIpc) is 3.04. The van der Waals surface area contributed by atoms with Gasteiger partial charge in [0.25, 0.3) is 20.2 Å². The molecule has 242 valence electrons. The van der Waals surface area contributed by atoms with Crippen LogP contribution in [0.25, 0.3) is 32.7 Å². The third-order valence-electron chi connectivity index (χ3n) is 7.80. The van der Waals surface area contributed by atoms with Crippen LogP contribution in [-0.2, 0) is 20.2 Å². The van der Waals surface area contributed by atoms with E-state index in [1.165, 1.54) is 18.2 Å². The van der Waals surface area contributed by atoms with Gasteiger partial charge in [-0.1, -0.05) is 60.7 Å². The molecule has 0 spiro atoms. The fourth-order valence-corrected chi connectivity index (χ4v) is 6.79. The largest absolute Gasteiger partial charge is 0.505 e. The molecule has 0 aliphatic heterocycles.